The minimum atomic E-state index is -0.235. The minimum absolute atomic E-state index is 0.135. The largest absolute Gasteiger partial charge is 0.368 e. The number of carbonyl (C=O) groups is 1. The second kappa shape index (κ2) is 6.07. The highest BCUT2D eigenvalue weighted by molar-refractivity contribution is 5.81. The Balaban J connectivity index is 1.54. The van der Waals surface area contributed by atoms with Crippen LogP contribution in [-0.2, 0) is 22.5 Å². The van der Waals surface area contributed by atoms with Crippen molar-refractivity contribution in [3.63, 3.8) is 0 Å². The predicted molar refractivity (Wildman–Crippen MR) is 86.3 cm³/mol. The lowest BCUT2D eigenvalue weighted by molar-refractivity contribution is -0.141. The summed E-state index contributed by atoms with van der Waals surface area (Å²) in [6.07, 6.45) is 4.87. The molecule has 0 unspecified atom stereocenters. The highest BCUT2D eigenvalue weighted by Crippen LogP contribution is 2.26. The zero-order valence-corrected chi connectivity index (χ0v) is 13.8. The van der Waals surface area contributed by atoms with Crippen molar-refractivity contribution in [2.24, 2.45) is 0 Å². The quantitative estimate of drug-likeness (QED) is 0.826. The third-order valence-corrected chi connectivity index (χ3v) is 5.16. The number of hydrogen-bond donors (Lipinski definition) is 0. The second-order valence-electron chi connectivity index (χ2n) is 6.74. The van der Waals surface area contributed by atoms with Crippen LogP contribution in [0.15, 0.2) is 0 Å². The minimum Gasteiger partial charge on any atom is -0.368 e. The normalized spacial score (nSPS) is 24.1. The fourth-order valence-corrected chi connectivity index (χ4v) is 3.79. The Bertz CT molecular complexity index is 607. The van der Waals surface area contributed by atoms with Crippen LogP contribution < -0.4 is 4.90 Å². The molecule has 4 heterocycles. The zero-order chi connectivity index (χ0) is 15.8. The molecule has 0 bridgehead atoms. The van der Waals surface area contributed by atoms with Gasteiger partial charge in [0.1, 0.15) is 6.10 Å². The van der Waals surface area contributed by atoms with E-state index in [9.17, 15) is 4.79 Å². The lowest BCUT2D eigenvalue weighted by atomic mass is 10.0. The van der Waals surface area contributed by atoms with E-state index in [-0.39, 0.29) is 12.0 Å². The molecule has 1 aromatic rings. The van der Waals surface area contributed by atoms with Gasteiger partial charge in [-0.3, -0.25) is 4.79 Å². The fraction of sp³-hybridized carbons (Fsp3) is 0.706. The van der Waals surface area contributed by atoms with Crippen molar-refractivity contribution >= 4 is 11.9 Å². The van der Waals surface area contributed by atoms with Gasteiger partial charge in [0, 0.05) is 50.5 Å². The van der Waals surface area contributed by atoms with E-state index in [0.717, 1.165) is 61.8 Å². The molecule has 0 spiro atoms. The average molecular weight is 316 g/mol. The molecule has 0 aliphatic carbocycles. The maximum atomic E-state index is 12.5. The molecule has 124 valence electrons. The molecule has 2 fully saturated rings. The number of anilines is 1. The fourth-order valence-electron chi connectivity index (χ4n) is 3.79. The molecule has 0 saturated carbocycles. The van der Waals surface area contributed by atoms with Gasteiger partial charge in [-0.25, -0.2) is 9.97 Å². The van der Waals surface area contributed by atoms with E-state index in [0.29, 0.717) is 13.2 Å². The summed E-state index contributed by atoms with van der Waals surface area (Å²) >= 11 is 0. The van der Waals surface area contributed by atoms with Crippen LogP contribution in [0.1, 0.15) is 42.6 Å². The first-order valence-electron chi connectivity index (χ1n) is 8.74. The monoisotopic (exact) mass is 316 g/mol. The van der Waals surface area contributed by atoms with Gasteiger partial charge in [0.25, 0.3) is 5.91 Å². The Hall–Kier alpha value is -1.69. The third kappa shape index (κ3) is 2.80. The maximum absolute atomic E-state index is 12.5. The Morgan fingerprint density at radius 1 is 1.17 bits per heavy atom. The van der Waals surface area contributed by atoms with E-state index >= 15 is 0 Å². The highest BCUT2D eigenvalue weighted by Gasteiger charge is 2.31. The smallest absolute Gasteiger partial charge is 0.252 e. The standard InChI is InChI=1S/C17H24N4O2/c1-12-13-11-21(16(22)15-5-4-10-23-15)9-6-14(13)19-17(18-12)20-7-2-3-8-20/h15H,2-11H2,1H3/t15-/m1/s1. The van der Waals surface area contributed by atoms with Crippen molar-refractivity contribution < 1.29 is 9.53 Å². The molecule has 0 aromatic carbocycles. The topological polar surface area (TPSA) is 58.6 Å². The van der Waals surface area contributed by atoms with E-state index < -0.39 is 0 Å². The number of rotatable bonds is 2. The first-order valence-corrected chi connectivity index (χ1v) is 8.74. The number of aryl methyl sites for hydroxylation is 1. The summed E-state index contributed by atoms with van der Waals surface area (Å²) in [5.74, 6) is 1.01. The summed E-state index contributed by atoms with van der Waals surface area (Å²) in [6, 6.07) is 0. The van der Waals surface area contributed by atoms with Gasteiger partial charge in [-0.2, -0.15) is 0 Å². The average Bonchev–Trinajstić information content (AvgIpc) is 3.27. The van der Waals surface area contributed by atoms with Crippen molar-refractivity contribution in [1.29, 1.82) is 0 Å². The summed E-state index contributed by atoms with van der Waals surface area (Å²) in [4.78, 5) is 26.2. The summed E-state index contributed by atoms with van der Waals surface area (Å²) in [6.45, 7) is 6.23. The Morgan fingerprint density at radius 3 is 2.74 bits per heavy atom. The van der Waals surface area contributed by atoms with Crippen LogP contribution >= 0.6 is 0 Å². The molecule has 4 rings (SSSR count). The molecule has 1 aromatic heterocycles. The van der Waals surface area contributed by atoms with Gasteiger partial charge in [0.05, 0.1) is 5.69 Å². The van der Waals surface area contributed by atoms with Crippen LogP contribution in [0.2, 0.25) is 0 Å². The van der Waals surface area contributed by atoms with Crippen molar-refractivity contribution in [1.82, 2.24) is 14.9 Å². The molecule has 3 aliphatic heterocycles. The number of amides is 1. The molecule has 23 heavy (non-hydrogen) atoms. The van der Waals surface area contributed by atoms with Crippen molar-refractivity contribution in [3.8, 4) is 0 Å². The van der Waals surface area contributed by atoms with E-state index in [1.165, 1.54) is 12.8 Å². The summed E-state index contributed by atoms with van der Waals surface area (Å²) in [5.41, 5.74) is 3.27. The predicted octanol–water partition coefficient (Wildman–Crippen LogP) is 1.45. The lowest BCUT2D eigenvalue weighted by Gasteiger charge is -2.31. The molecule has 6 nitrogen and oxygen atoms in total. The lowest BCUT2D eigenvalue weighted by Crippen LogP contribution is -2.42. The van der Waals surface area contributed by atoms with Crippen LogP contribution in [0.25, 0.3) is 0 Å². The van der Waals surface area contributed by atoms with E-state index in [2.05, 4.69) is 4.90 Å². The van der Waals surface area contributed by atoms with Gasteiger partial charge >= 0.3 is 0 Å². The molecule has 0 radical (unpaired) electrons. The summed E-state index contributed by atoms with van der Waals surface area (Å²) in [5, 5.41) is 0. The van der Waals surface area contributed by atoms with E-state index in [1.54, 1.807) is 0 Å². The maximum Gasteiger partial charge on any atom is 0.252 e. The molecule has 2 saturated heterocycles. The number of fused-ring (bicyclic) bond motifs is 1. The SMILES string of the molecule is Cc1nc(N2CCCC2)nc2c1CN(C(=O)[C@H]1CCCO1)CC2. The van der Waals surface area contributed by atoms with Gasteiger partial charge in [0.15, 0.2) is 0 Å². The number of hydrogen-bond acceptors (Lipinski definition) is 5. The van der Waals surface area contributed by atoms with Gasteiger partial charge in [-0.1, -0.05) is 0 Å². The number of ether oxygens (including phenoxy) is 1. The van der Waals surface area contributed by atoms with Gasteiger partial charge < -0.3 is 14.5 Å². The molecule has 1 amide bonds. The number of aromatic nitrogens is 2. The van der Waals surface area contributed by atoms with Crippen LogP contribution in [0.3, 0.4) is 0 Å². The van der Waals surface area contributed by atoms with Crippen molar-refractivity contribution in [3.05, 3.63) is 17.0 Å². The molecule has 6 heteroatoms. The molecule has 1 atom stereocenters. The molecular formula is C17H24N4O2. The van der Waals surface area contributed by atoms with Gasteiger partial charge in [-0.05, 0) is 32.6 Å². The van der Waals surface area contributed by atoms with E-state index in [4.69, 9.17) is 14.7 Å². The molecule has 3 aliphatic rings. The Kier molecular flexibility index (Phi) is 3.93. The molecule has 0 N–H and O–H groups in total. The number of nitrogens with zero attached hydrogens (tertiary/aromatic N) is 4. The zero-order valence-electron chi connectivity index (χ0n) is 13.8. The second-order valence-corrected chi connectivity index (χ2v) is 6.74. The Morgan fingerprint density at radius 2 is 2.00 bits per heavy atom. The number of carbonyl (C=O) groups excluding carboxylic acids is 1. The van der Waals surface area contributed by atoms with Crippen molar-refractivity contribution in [2.75, 3.05) is 31.1 Å². The first-order chi connectivity index (χ1) is 11.2. The summed E-state index contributed by atoms with van der Waals surface area (Å²) < 4.78 is 5.54. The van der Waals surface area contributed by atoms with Crippen LogP contribution in [0.5, 0.6) is 0 Å². The first kappa shape index (κ1) is 14.9. The van der Waals surface area contributed by atoms with Gasteiger partial charge in [0.2, 0.25) is 5.95 Å². The highest BCUT2D eigenvalue weighted by atomic mass is 16.5. The van der Waals surface area contributed by atoms with Crippen LogP contribution in [-0.4, -0.2) is 53.1 Å². The van der Waals surface area contributed by atoms with Crippen LogP contribution in [0, 0.1) is 6.92 Å². The third-order valence-electron chi connectivity index (χ3n) is 5.16. The summed E-state index contributed by atoms with van der Waals surface area (Å²) in [7, 11) is 0. The van der Waals surface area contributed by atoms with Gasteiger partial charge in [-0.15, -0.1) is 0 Å². The van der Waals surface area contributed by atoms with Crippen molar-refractivity contribution in [2.45, 2.75) is 51.7 Å². The molecular weight excluding hydrogens is 292 g/mol. The Labute approximate surface area is 136 Å². The van der Waals surface area contributed by atoms with E-state index in [1.807, 2.05) is 11.8 Å². The van der Waals surface area contributed by atoms with Crippen LogP contribution in [0.4, 0.5) is 5.95 Å².